The van der Waals surface area contributed by atoms with E-state index >= 15 is 0 Å². The number of hydrogen-bond acceptors (Lipinski definition) is 3. The lowest BCUT2D eigenvalue weighted by molar-refractivity contribution is 0.0747. The Morgan fingerprint density at radius 1 is 0.931 bits per heavy atom. The smallest absolute Gasteiger partial charge is 0.254 e. The lowest BCUT2D eigenvalue weighted by atomic mass is 10.1. The predicted octanol–water partition coefficient (Wildman–Crippen LogP) is 3.86. The minimum Gasteiger partial charge on any atom is -0.366 e. The van der Waals surface area contributed by atoms with Gasteiger partial charge in [0.05, 0.1) is 16.7 Å². The van der Waals surface area contributed by atoms with E-state index in [0.29, 0.717) is 37.4 Å². The number of benzene rings is 2. The zero-order chi connectivity index (χ0) is 19.8. The molecule has 2 aliphatic heterocycles. The summed E-state index contributed by atoms with van der Waals surface area (Å²) in [4.78, 5) is 21.7. The normalized spacial score (nSPS) is 17.3. The maximum absolute atomic E-state index is 14.0. The number of anilines is 1. The van der Waals surface area contributed by atoms with Crippen LogP contribution in [0.5, 0.6) is 0 Å². The number of piperazine rings is 1. The summed E-state index contributed by atoms with van der Waals surface area (Å²) < 4.78 is 16.3. The molecule has 0 saturated carbocycles. The van der Waals surface area contributed by atoms with E-state index in [1.54, 1.807) is 12.1 Å². The summed E-state index contributed by atoms with van der Waals surface area (Å²) >= 11 is 0. The van der Waals surface area contributed by atoms with Crippen LogP contribution in [0.1, 0.15) is 35.4 Å². The molecule has 2 aromatic carbocycles. The first-order valence-corrected chi connectivity index (χ1v) is 10.5. The van der Waals surface area contributed by atoms with Gasteiger partial charge in [0, 0.05) is 44.7 Å². The van der Waals surface area contributed by atoms with Crippen molar-refractivity contribution in [2.75, 3.05) is 31.1 Å². The Balaban J connectivity index is 1.32. The maximum atomic E-state index is 14.0. The predicted molar refractivity (Wildman–Crippen MR) is 112 cm³/mol. The molecule has 0 N–H and O–H groups in total. The molecule has 3 aromatic rings. The Morgan fingerprint density at radius 2 is 1.76 bits per heavy atom. The van der Waals surface area contributed by atoms with E-state index in [9.17, 15) is 9.18 Å². The van der Waals surface area contributed by atoms with Crippen LogP contribution >= 0.6 is 0 Å². The number of aromatic nitrogens is 2. The molecule has 0 unspecified atom stereocenters. The van der Waals surface area contributed by atoms with Crippen LogP contribution in [0.3, 0.4) is 0 Å². The molecule has 5 rings (SSSR count). The van der Waals surface area contributed by atoms with Gasteiger partial charge < -0.3 is 14.4 Å². The number of amides is 1. The van der Waals surface area contributed by atoms with Crippen molar-refractivity contribution < 1.29 is 9.18 Å². The number of imidazole rings is 1. The first-order valence-electron chi connectivity index (χ1n) is 10.5. The van der Waals surface area contributed by atoms with Gasteiger partial charge in [0.25, 0.3) is 5.91 Å². The summed E-state index contributed by atoms with van der Waals surface area (Å²) in [5.74, 6) is 0.959. The van der Waals surface area contributed by atoms with E-state index in [1.165, 1.54) is 25.3 Å². The van der Waals surface area contributed by atoms with Crippen LogP contribution in [0.25, 0.3) is 11.0 Å². The van der Waals surface area contributed by atoms with Crippen LogP contribution in [-0.4, -0.2) is 46.5 Å². The molecular weight excluding hydrogens is 367 g/mol. The fraction of sp³-hybridized carbons (Fsp3) is 0.391. The van der Waals surface area contributed by atoms with Gasteiger partial charge in [-0.3, -0.25) is 4.79 Å². The molecule has 0 radical (unpaired) electrons. The van der Waals surface area contributed by atoms with Crippen molar-refractivity contribution in [2.24, 2.45) is 0 Å². The second-order valence-electron chi connectivity index (χ2n) is 7.92. The Morgan fingerprint density at radius 3 is 2.59 bits per heavy atom. The van der Waals surface area contributed by atoms with Crippen LogP contribution < -0.4 is 4.90 Å². The van der Waals surface area contributed by atoms with Crippen molar-refractivity contribution >= 4 is 22.6 Å². The summed E-state index contributed by atoms with van der Waals surface area (Å²) in [5, 5.41) is 0. The molecule has 0 bridgehead atoms. The van der Waals surface area contributed by atoms with Crippen LogP contribution in [-0.2, 0) is 13.0 Å². The van der Waals surface area contributed by atoms with E-state index in [2.05, 4.69) is 4.57 Å². The van der Waals surface area contributed by atoms with Crippen molar-refractivity contribution in [2.45, 2.75) is 32.2 Å². The van der Waals surface area contributed by atoms with Gasteiger partial charge in [0.2, 0.25) is 0 Å². The Labute approximate surface area is 169 Å². The van der Waals surface area contributed by atoms with E-state index in [-0.39, 0.29) is 11.7 Å². The highest BCUT2D eigenvalue weighted by Crippen LogP contribution is 2.24. The molecule has 0 atom stereocenters. The average Bonchev–Trinajstić information content (AvgIpc) is 2.93. The number of halogens is 1. The highest BCUT2D eigenvalue weighted by molar-refractivity contribution is 5.97. The third-order valence-electron chi connectivity index (χ3n) is 6.12. The van der Waals surface area contributed by atoms with Crippen LogP contribution in [0.4, 0.5) is 10.1 Å². The first kappa shape index (κ1) is 18.2. The standard InChI is InChI=1S/C23H25FN4O/c24-18-6-3-4-7-20(18)26-12-14-27(15-13-26)23(29)17-9-10-21-19(16-17)25-22-8-2-1-5-11-28(21)22/h3-4,6-7,9-10,16H,1-2,5,8,11-15H2. The highest BCUT2D eigenvalue weighted by Gasteiger charge is 2.24. The fourth-order valence-corrected chi connectivity index (χ4v) is 4.52. The molecule has 150 valence electrons. The Hall–Kier alpha value is -2.89. The second kappa shape index (κ2) is 7.50. The topological polar surface area (TPSA) is 41.4 Å². The van der Waals surface area contributed by atoms with E-state index in [4.69, 9.17) is 4.98 Å². The molecule has 1 fully saturated rings. The largest absolute Gasteiger partial charge is 0.366 e. The number of carbonyl (C=O) groups excluding carboxylic acids is 1. The number of fused-ring (bicyclic) bond motifs is 3. The molecule has 2 aliphatic rings. The molecule has 29 heavy (non-hydrogen) atoms. The minimum absolute atomic E-state index is 0.0308. The zero-order valence-electron chi connectivity index (χ0n) is 16.5. The number of nitrogens with zero attached hydrogens (tertiary/aromatic N) is 4. The quantitative estimate of drug-likeness (QED) is 0.665. The monoisotopic (exact) mass is 392 g/mol. The van der Waals surface area contributed by atoms with Gasteiger partial charge >= 0.3 is 0 Å². The van der Waals surface area contributed by atoms with Gasteiger partial charge in [-0.15, -0.1) is 0 Å². The molecular formula is C23H25FN4O. The summed E-state index contributed by atoms with van der Waals surface area (Å²) in [6, 6.07) is 12.7. The SMILES string of the molecule is O=C(c1ccc2c(c1)nc1n2CCCCC1)N1CCN(c2ccccc2F)CC1. The van der Waals surface area contributed by atoms with Crippen molar-refractivity contribution in [3.63, 3.8) is 0 Å². The molecule has 0 aliphatic carbocycles. The number of carbonyl (C=O) groups is 1. The molecule has 6 heteroatoms. The van der Waals surface area contributed by atoms with Crippen LogP contribution in [0, 0.1) is 5.82 Å². The van der Waals surface area contributed by atoms with Gasteiger partial charge in [-0.1, -0.05) is 18.6 Å². The maximum Gasteiger partial charge on any atom is 0.254 e. The Kier molecular flexibility index (Phi) is 4.70. The molecule has 1 amide bonds. The van der Waals surface area contributed by atoms with Gasteiger partial charge in [0.15, 0.2) is 0 Å². The van der Waals surface area contributed by atoms with Gasteiger partial charge in [-0.25, -0.2) is 9.37 Å². The number of para-hydroxylation sites is 1. The summed E-state index contributed by atoms with van der Waals surface area (Å²) in [6.07, 6.45) is 4.63. The van der Waals surface area contributed by atoms with Crippen molar-refractivity contribution in [1.29, 1.82) is 0 Å². The minimum atomic E-state index is -0.211. The van der Waals surface area contributed by atoms with Crippen LogP contribution in [0.2, 0.25) is 0 Å². The summed E-state index contributed by atoms with van der Waals surface area (Å²) in [5.41, 5.74) is 3.34. The zero-order valence-corrected chi connectivity index (χ0v) is 16.5. The van der Waals surface area contributed by atoms with E-state index in [1.807, 2.05) is 34.1 Å². The first-order chi connectivity index (χ1) is 14.2. The second-order valence-corrected chi connectivity index (χ2v) is 7.92. The molecule has 0 spiro atoms. The highest BCUT2D eigenvalue weighted by atomic mass is 19.1. The lowest BCUT2D eigenvalue weighted by Gasteiger charge is -2.36. The van der Waals surface area contributed by atoms with Gasteiger partial charge in [-0.05, 0) is 43.2 Å². The number of aryl methyl sites for hydroxylation is 2. The van der Waals surface area contributed by atoms with Gasteiger partial charge in [-0.2, -0.15) is 0 Å². The molecule has 1 aromatic heterocycles. The summed E-state index contributed by atoms with van der Waals surface area (Å²) in [7, 11) is 0. The van der Waals surface area contributed by atoms with Crippen molar-refractivity contribution in [3.05, 3.63) is 59.7 Å². The third kappa shape index (κ3) is 3.37. The molecule has 5 nitrogen and oxygen atoms in total. The Bertz CT molecular complexity index is 1050. The lowest BCUT2D eigenvalue weighted by Crippen LogP contribution is -2.49. The van der Waals surface area contributed by atoms with Crippen molar-refractivity contribution in [1.82, 2.24) is 14.5 Å². The summed E-state index contributed by atoms with van der Waals surface area (Å²) in [6.45, 7) is 3.45. The van der Waals surface area contributed by atoms with E-state index < -0.39 is 0 Å². The van der Waals surface area contributed by atoms with E-state index in [0.717, 1.165) is 29.8 Å². The molecule has 1 saturated heterocycles. The van der Waals surface area contributed by atoms with Crippen LogP contribution in [0.15, 0.2) is 42.5 Å². The molecule has 3 heterocycles. The van der Waals surface area contributed by atoms with Gasteiger partial charge in [0.1, 0.15) is 11.6 Å². The van der Waals surface area contributed by atoms with Crippen molar-refractivity contribution in [3.8, 4) is 0 Å². The number of hydrogen-bond donors (Lipinski definition) is 0. The third-order valence-corrected chi connectivity index (χ3v) is 6.12. The average molecular weight is 392 g/mol. The number of rotatable bonds is 2. The fourth-order valence-electron chi connectivity index (χ4n) is 4.52.